The topological polar surface area (TPSA) is 116 Å². The van der Waals surface area contributed by atoms with E-state index in [1.54, 1.807) is 23.0 Å². The molecule has 0 unspecified atom stereocenters. The van der Waals surface area contributed by atoms with Gasteiger partial charge in [0.25, 0.3) is 0 Å². The number of hydrogen-bond acceptors (Lipinski definition) is 7. The summed E-state index contributed by atoms with van der Waals surface area (Å²) in [5.74, 6) is 0.708. The Balaban J connectivity index is 1.65. The van der Waals surface area contributed by atoms with Gasteiger partial charge in [0.05, 0.1) is 23.4 Å². The Morgan fingerprint density at radius 2 is 2.20 bits per heavy atom. The summed E-state index contributed by atoms with van der Waals surface area (Å²) in [6, 6.07) is 7.31. The zero-order valence-corrected chi connectivity index (χ0v) is 14.7. The van der Waals surface area contributed by atoms with Crippen LogP contribution in [0.3, 0.4) is 0 Å². The van der Waals surface area contributed by atoms with Crippen LogP contribution in [0.15, 0.2) is 45.5 Å². The van der Waals surface area contributed by atoms with Crippen molar-refractivity contribution in [3.05, 3.63) is 41.7 Å². The molecule has 0 saturated heterocycles. The Morgan fingerprint density at radius 3 is 2.88 bits per heavy atom. The molecule has 0 atom stereocenters. The van der Waals surface area contributed by atoms with Crippen molar-refractivity contribution in [2.45, 2.75) is 18.2 Å². The van der Waals surface area contributed by atoms with E-state index < -0.39 is 5.91 Å². The quantitative estimate of drug-likeness (QED) is 0.575. The number of amides is 2. The minimum absolute atomic E-state index is 0.0451. The zero-order valence-electron chi connectivity index (χ0n) is 13.0. The predicted octanol–water partition coefficient (Wildman–Crippen LogP) is 1.49. The van der Waals surface area contributed by atoms with Crippen molar-refractivity contribution in [3.8, 4) is 10.7 Å². The number of nitrogens with two attached hydrogens (primary N) is 1. The second kappa shape index (κ2) is 7.99. The summed E-state index contributed by atoms with van der Waals surface area (Å²) < 4.78 is 6.78. The van der Waals surface area contributed by atoms with Crippen molar-refractivity contribution >= 4 is 34.9 Å². The minimum atomic E-state index is -0.498. The smallest absolute Gasteiger partial charge is 0.237 e. The first kappa shape index (κ1) is 17.2. The SMILES string of the molecule is NC(=O)Cn1c(SCC(=O)NCc2ccco2)nnc1-c1cccs1. The molecule has 0 aliphatic heterocycles. The van der Waals surface area contributed by atoms with E-state index in [1.165, 1.54) is 23.1 Å². The van der Waals surface area contributed by atoms with E-state index in [1.807, 2.05) is 17.5 Å². The third kappa shape index (κ3) is 4.48. The van der Waals surface area contributed by atoms with E-state index in [-0.39, 0.29) is 18.2 Å². The van der Waals surface area contributed by atoms with E-state index >= 15 is 0 Å². The molecule has 0 radical (unpaired) electrons. The first-order valence-corrected chi connectivity index (χ1v) is 9.17. The normalized spacial score (nSPS) is 10.7. The molecule has 0 saturated carbocycles. The molecule has 0 fully saturated rings. The molecule has 3 rings (SSSR count). The number of aromatic nitrogens is 3. The van der Waals surface area contributed by atoms with E-state index in [2.05, 4.69) is 15.5 Å². The van der Waals surface area contributed by atoms with E-state index in [9.17, 15) is 9.59 Å². The van der Waals surface area contributed by atoms with Crippen LogP contribution in [0.1, 0.15) is 5.76 Å². The molecule has 8 nitrogen and oxygen atoms in total. The van der Waals surface area contributed by atoms with Gasteiger partial charge in [0.15, 0.2) is 11.0 Å². The fourth-order valence-electron chi connectivity index (χ4n) is 2.06. The number of thioether (sulfide) groups is 1. The van der Waals surface area contributed by atoms with Crippen LogP contribution < -0.4 is 11.1 Å². The van der Waals surface area contributed by atoms with Crippen molar-refractivity contribution in [1.29, 1.82) is 0 Å². The van der Waals surface area contributed by atoms with Crippen LogP contribution in [0.25, 0.3) is 10.7 Å². The lowest BCUT2D eigenvalue weighted by molar-refractivity contribution is -0.119. The summed E-state index contributed by atoms with van der Waals surface area (Å²) in [4.78, 5) is 24.2. The molecular weight excluding hydrogens is 362 g/mol. The highest BCUT2D eigenvalue weighted by Crippen LogP contribution is 2.27. The molecule has 10 heteroatoms. The maximum atomic E-state index is 12.0. The highest BCUT2D eigenvalue weighted by atomic mass is 32.2. The average Bonchev–Trinajstić information content (AvgIpc) is 3.32. The van der Waals surface area contributed by atoms with Gasteiger partial charge in [0, 0.05) is 0 Å². The lowest BCUT2D eigenvalue weighted by Gasteiger charge is -2.07. The van der Waals surface area contributed by atoms with Crippen molar-refractivity contribution in [1.82, 2.24) is 20.1 Å². The zero-order chi connectivity index (χ0) is 17.6. The van der Waals surface area contributed by atoms with Crippen LogP contribution in [-0.4, -0.2) is 32.3 Å². The summed E-state index contributed by atoms with van der Waals surface area (Å²) in [6.07, 6.45) is 1.55. The Hall–Kier alpha value is -2.59. The third-order valence-corrected chi connectivity index (χ3v) is 4.98. The number of carbonyl (C=O) groups excluding carboxylic acids is 2. The Morgan fingerprint density at radius 1 is 1.32 bits per heavy atom. The van der Waals surface area contributed by atoms with Crippen LogP contribution in [0.4, 0.5) is 0 Å². The highest BCUT2D eigenvalue weighted by molar-refractivity contribution is 7.99. The van der Waals surface area contributed by atoms with Gasteiger partial charge in [-0.3, -0.25) is 14.2 Å². The first-order chi connectivity index (χ1) is 12.1. The molecule has 0 bridgehead atoms. The van der Waals surface area contributed by atoms with Gasteiger partial charge in [-0.25, -0.2) is 0 Å². The number of nitrogens with one attached hydrogen (secondary N) is 1. The summed E-state index contributed by atoms with van der Waals surface area (Å²) in [7, 11) is 0. The van der Waals surface area contributed by atoms with Gasteiger partial charge in [-0.15, -0.1) is 21.5 Å². The molecule has 0 spiro atoms. The van der Waals surface area contributed by atoms with Crippen molar-refractivity contribution in [2.24, 2.45) is 5.73 Å². The van der Waals surface area contributed by atoms with Crippen molar-refractivity contribution in [2.75, 3.05) is 5.75 Å². The average molecular weight is 377 g/mol. The number of furan rings is 1. The maximum Gasteiger partial charge on any atom is 0.237 e. The summed E-state index contributed by atoms with van der Waals surface area (Å²) >= 11 is 2.68. The number of nitrogens with zero attached hydrogens (tertiary/aromatic N) is 3. The van der Waals surface area contributed by atoms with Gasteiger partial charge in [-0.2, -0.15) is 0 Å². The standard InChI is InChI=1S/C15H15N5O3S2/c16-12(21)8-20-14(11-4-2-6-24-11)18-19-15(20)25-9-13(22)17-7-10-3-1-5-23-10/h1-6H,7-9H2,(H2,16,21)(H,17,22). The first-order valence-electron chi connectivity index (χ1n) is 7.30. The van der Waals surface area contributed by atoms with Gasteiger partial charge in [-0.05, 0) is 23.6 Å². The number of thiophene rings is 1. The second-order valence-electron chi connectivity index (χ2n) is 4.98. The monoisotopic (exact) mass is 377 g/mol. The maximum absolute atomic E-state index is 12.0. The van der Waals surface area contributed by atoms with E-state index in [0.29, 0.717) is 23.3 Å². The predicted molar refractivity (Wildman–Crippen MR) is 93.8 cm³/mol. The van der Waals surface area contributed by atoms with Gasteiger partial charge < -0.3 is 15.5 Å². The molecule has 25 heavy (non-hydrogen) atoms. The summed E-state index contributed by atoms with van der Waals surface area (Å²) in [5, 5.41) is 13.3. The molecule has 3 aromatic heterocycles. The molecule has 2 amide bonds. The fourth-order valence-corrected chi connectivity index (χ4v) is 3.55. The third-order valence-electron chi connectivity index (χ3n) is 3.14. The number of primary amides is 1. The van der Waals surface area contributed by atoms with Crippen LogP contribution in [0.2, 0.25) is 0 Å². The molecule has 0 aromatic carbocycles. The van der Waals surface area contributed by atoms with E-state index in [0.717, 1.165) is 4.88 Å². The summed E-state index contributed by atoms with van der Waals surface area (Å²) in [5.41, 5.74) is 5.32. The van der Waals surface area contributed by atoms with Gasteiger partial charge in [0.2, 0.25) is 11.8 Å². The number of hydrogen-bond donors (Lipinski definition) is 2. The fraction of sp³-hybridized carbons (Fsp3) is 0.200. The second-order valence-corrected chi connectivity index (χ2v) is 6.87. The van der Waals surface area contributed by atoms with Crippen LogP contribution in [0.5, 0.6) is 0 Å². The lowest BCUT2D eigenvalue weighted by Crippen LogP contribution is -2.25. The van der Waals surface area contributed by atoms with Crippen molar-refractivity contribution in [3.63, 3.8) is 0 Å². The molecular formula is C15H15N5O3S2. The summed E-state index contributed by atoms with van der Waals surface area (Å²) in [6.45, 7) is 0.275. The van der Waals surface area contributed by atoms with Crippen LogP contribution >= 0.6 is 23.1 Å². The molecule has 130 valence electrons. The Bertz CT molecular complexity index is 843. The number of carbonyl (C=O) groups is 2. The Labute approximate surface area is 151 Å². The molecule has 0 aliphatic rings. The molecule has 3 heterocycles. The molecule has 3 N–H and O–H groups in total. The van der Waals surface area contributed by atoms with Gasteiger partial charge in [-0.1, -0.05) is 17.8 Å². The largest absolute Gasteiger partial charge is 0.467 e. The van der Waals surface area contributed by atoms with Crippen LogP contribution in [0, 0.1) is 0 Å². The van der Waals surface area contributed by atoms with Gasteiger partial charge >= 0.3 is 0 Å². The molecule has 3 aromatic rings. The highest BCUT2D eigenvalue weighted by Gasteiger charge is 2.17. The minimum Gasteiger partial charge on any atom is -0.467 e. The Kier molecular flexibility index (Phi) is 5.51. The lowest BCUT2D eigenvalue weighted by atomic mass is 10.4. The van der Waals surface area contributed by atoms with E-state index in [4.69, 9.17) is 10.2 Å². The molecule has 0 aliphatic carbocycles. The van der Waals surface area contributed by atoms with Gasteiger partial charge in [0.1, 0.15) is 12.3 Å². The van der Waals surface area contributed by atoms with Crippen molar-refractivity contribution < 1.29 is 14.0 Å². The number of rotatable bonds is 8. The van der Waals surface area contributed by atoms with Crippen LogP contribution in [-0.2, 0) is 22.7 Å².